The van der Waals surface area contributed by atoms with E-state index in [1.54, 1.807) is 6.92 Å². The van der Waals surface area contributed by atoms with Crippen LogP contribution in [0.5, 0.6) is 0 Å². The minimum Gasteiger partial charge on any atom is -0.334 e. The summed E-state index contributed by atoms with van der Waals surface area (Å²) in [5.74, 6) is -6.33. The molecule has 3 nitrogen and oxygen atoms in total. The second-order valence-electron chi connectivity index (χ2n) is 4.40. The molecule has 0 radical (unpaired) electrons. The quantitative estimate of drug-likeness (QED) is 0.774. The fraction of sp³-hybridized carbons (Fsp3) is 0.909. The van der Waals surface area contributed by atoms with E-state index in [-0.39, 0.29) is 12.6 Å². The van der Waals surface area contributed by atoms with Crippen LogP contribution < -0.4 is 5.32 Å². The van der Waals surface area contributed by atoms with Gasteiger partial charge in [-0.1, -0.05) is 6.92 Å². The summed E-state index contributed by atoms with van der Waals surface area (Å²) in [6, 6.07) is -0.372. The van der Waals surface area contributed by atoms with Crippen molar-refractivity contribution in [1.29, 1.82) is 0 Å². The Morgan fingerprint density at radius 2 is 1.94 bits per heavy atom. The highest BCUT2D eigenvalue weighted by Gasteiger charge is 2.52. The number of carbonyl (C=O) groups excluding carboxylic acids is 1. The maximum Gasteiger partial charge on any atom is 0.383 e. The Hall–Kier alpha value is -0.850. The summed E-state index contributed by atoms with van der Waals surface area (Å²) in [5.41, 5.74) is 0. The van der Waals surface area contributed by atoms with Gasteiger partial charge in [-0.3, -0.25) is 4.79 Å². The minimum absolute atomic E-state index is 0.0891. The van der Waals surface area contributed by atoms with Crippen LogP contribution in [0.15, 0.2) is 0 Å². The van der Waals surface area contributed by atoms with Crippen molar-refractivity contribution in [3.05, 3.63) is 0 Å². The van der Waals surface area contributed by atoms with Crippen LogP contribution in [-0.4, -0.2) is 48.8 Å². The van der Waals surface area contributed by atoms with Gasteiger partial charge in [0.25, 0.3) is 5.91 Å². The average molecular weight is 270 g/mol. The zero-order valence-electron chi connectivity index (χ0n) is 10.3. The topological polar surface area (TPSA) is 32.3 Å². The van der Waals surface area contributed by atoms with Crippen LogP contribution in [0.2, 0.25) is 0 Å². The fourth-order valence-corrected chi connectivity index (χ4v) is 2.09. The number of rotatable bonds is 5. The summed E-state index contributed by atoms with van der Waals surface area (Å²) in [6.07, 6.45) is -2.45. The van der Waals surface area contributed by atoms with Crippen LogP contribution in [0.4, 0.5) is 17.6 Å². The molecule has 1 heterocycles. The van der Waals surface area contributed by atoms with E-state index in [1.165, 1.54) is 0 Å². The van der Waals surface area contributed by atoms with Crippen LogP contribution in [0.25, 0.3) is 0 Å². The van der Waals surface area contributed by atoms with Gasteiger partial charge in [0.15, 0.2) is 0 Å². The predicted molar refractivity (Wildman–Crippen MR) is 58.8 cm³/mol. The van der Waals surface area contributed by atoms with E-state index in [0.29, 0.717) is 32.4 Å². The third-order valence-corrected chi connectivity index (χ3v) is 3.03. The van der Waals surface area contributed by atoms with Crippen LogP contribution in [-0.2, 0) is 4.79 Å². The Morgan fingerprint density at radius 3 is 2.39 bits per heavy atom. The van der Waals surface area contributed by atoms with Crippen molar-refractivity contribution in [2.45, 2.75) is 44.6 Å². The van der Waals surface area contributed by atoms with Gasteiger partial charge >= 0.3 is 12.3 Å². The van der Waals surface area contributed by atoms with Crippen molar-refractivity contribution in [3.63, 3.8) is 0 Å². The van der Waals surface area contributed by atoms with Gasteiger partial charge in [-0.25, -0.2) is 8.78 Å². The SMILES string of the molecule is CCCN(C(=O)C(F)(F)C(F)F)C1CCNCC1. The smallest absolute Gasteiger partial charge is 0.334 e. The standard InChI is InChI=1S/C11H18F4N2O/c1-2-7-17(8-3-5-16-6-4-8)10(18)11(14,15)9(12)13/h8-9,16H,2-7H2,1H3. The number of nitrogens with one attached hydrogen (secondary N) is 1. The second-order valence-corrected chi connectivity index (χ2v) is 4.40. The number of carbonyl (C=O) groups is 1. The molecule has 1 saturated heterocycles. The second kappa shape index (κ2) is 6.36. The first-order valence-corrected chi connectivity index (χ1v) is 6.09. The molecule has 1 fully saturated rings. The molecule has 7 heteroatoms. The number of amides is 1. The molecule has 0 bridgehead atoms. The number of piperidine rings is 1. The van der Waals surface area contributed by atoms with Crippen molar-refractivity contribution in [1.82, 2.24) is 10.2 Å². The van der Waals surface area contributed by atoms with E-state index < -0.39 is 18.3 Å². The Labute approximate surface area is 104 Å². The first-order valence-electron chi connectivity index (χ1n) is 6.09. The van der Waals surface area contributed by atoms with Gasteiger partial charge in [0.1, 0.15) is 0 Å². The van der Waals surface area contributed by atoms with E-state index in [4.69, 9.17) is 0 Å². The van der Waals surface area contributed by atoms with Crippen LogP contribution in [0, 0.1) is 0 Å². The van der Waals surface area contributed by atoms with E-state index in [9.17, 15) is 22.4 Å². The molecule has 0 unspecified atom stereocenters. The first-order chi connectivity index (χ1) is 8.41. The van der Waals surface area contributed by atoms with Gasteiger partial charge in [-0.15, -0.1) is 0 Å². The molecule has 0 saturated carbocycles. The van der Waals surface area contributed by atoms with Crippen molar-refractivity contribution >= 4 is 5.91 Å². The number of halogens is 4. The number of nitrogens with zero attached hydrogens (tertiary/aromatic N) is 1. The summed E-state index contributed by atoms with van der Waals surface area (Å²) < 4.78 is 50.7. The summed E-state index contributed by atoms with van der Waals surface area (Å²) >= 11 is 0. The molecule has 0 spiro atoms. The van der Waals surface area contributed by atoms with E-state index in [1.807, 2.05) is 0 Å². The van der Waals surface area contributed by atoms with Crippen molar-refractivity contribution in [2.24, 2.45) is 0 Å². The van der Waals surface area contributed by atoms with Gasteiger partial charge < -0.3 is 10.2 Å². The van der Waals surface area contributed by atoms with Crippen LogP contribution in [0.1, 0.15) is 26.2 Å². The predicted octanol–water partition coefficient (Wildman–Crippen LogP) is 1.88. The molecule has 1 aliphatic heterocycles. The Kier molecular flexibility index (Phi) is 5.37. The molecule has 0 aromatic rings. The van der Waals surface area contributed by atoms with Crippen molar-refractivity contribution < 1.29 is 22.4 Å². The first kappa shape index (κ1) is 15.2. The summed E-state index contributed by atoms with van der Waals surface area (Å²) in [6.45, 7) is 3.03. The number of hydrogen-bond donors (Lipinski definition) is 1. The monoisotopic (exact) mass is 270 g/mol. The fourth-order valence-electron chi connectivity index (χ4n) is 2.09. The maximum atomic E-state index is 13.1. The lowest BCUT2D eigenvalue weighted by Gasteiger charge is -2.36. The molecule has 106 valence electrons. The molecular formula is C11H18F4N2O. The number of alkyl halides is 4. The van der Waals surface area contributed by atoms with Crippen molar-refractivity contribution in [3.8, 4) is 0 Å². The molecule has 18 heavy (non-hydrogen) atoms. The largest absolute Gasteiger partial charge is 0.383 e. The van der Waals surface area contributed by atoms with Crippen molar-refractivity contribution in [2.75, 3.05) is 19.6 Å². The molecule has 0 atom stereocenters. The minimum atomic E-state index is -4.58. The van der Waals surface area contributed by atoms with Crippen LogP contribution >= 0.6 is 0 Å². The van der Waals surface area contributed by atoms with Gasteiger partial charge in [0, 0.05) is 12.6 Å². The molecule has 0 aliphatic carbocycles. The highest BCUT2D eigenvalue weighted by molar-refractivity contribution is 5.84. The molecule has 0 aromatic heterocycles. The van der Waals surface area contributed by atoms with Gasteiger partial charge in [-0.05, 0) is 32.4 Å². The normalized spacial score (nSPS) is 18.1. The third-order valence-electron chi connectivity index (χ3n) is 3.03. The van der Waals surface area contributed by atoms with Gasteiger partial charge in [-0.2, -0.15) is 8.78 Å². The Morgan fingerprint density at radius 1 is 1.39 bits per heavy atom. The van der Waals surface area contributed by atoms with E-state index in [2.05, 4.69) is 5.32 Å². The zero-order chi connectivity index (χ0) is 13.8. The summed E-state index contributed by atoms with van der Waals surface area (Å²) in [7, 11) is 0. The average Bonchev–Trinajstić information content (AvgIpc) is 2.36. The van der Waals surface area contributed by atoms with E-state index >= 15 is 0 Å². The van der Waals surface area contributed by atoms with Gasteiger partial charge in [0.2, 0.25) is 0 Å². The molecular weight excluding hydrogens is 252 g/mol. The zero-order valence-corrected chi connectivity index (χ0v) is 10.3. The number of hydrogen-bond acceptors (Lipinski definition) is 2. The highest BCUT2D eigenvalue weighted by Crippen LogP contribution is 2.27. The third kappa shape index (κ3) is 3.34. The van der Waals surface area contributed by atoms with Gasteiger partial charge in [0.05, 0.1) is 0 Å². The lowest BCUT2D eigenvalue weighted by Crippen LogP contribution is -2.54. The molecule has 0 aromatic carbocycles. The molecule has 1 amide bonds. The van der Waals surface area contributed by atoms with Crippen LogP contribution in [0.3, 0.4) is 0 Å². The van der Waals surface area contributed by atoms with E-state index in [0.717, 1.165) is 4.90 Å². The summed E-state index contributed by atoms with van der Waals surface area (Å²) in [4.78, 5) is 12.5. The Bertz CT molecular complexity index is 280. The molecule has 1 N–H and O–H groups in total. The Balaban J connectivity index is 2.80. The lowest BCUT2D eigenvalue weighted by atomic mass is 10.0. The summed E-state index contributed by atoms with van der Waals surface area (Å²) in [5, 5.41) is 3.04. The highest BCUT2D eigenvalue weighted by atomic mass is 19.3. The maximum absolute atomic E-state index is 13.1. The molecule has 1 aliphatic rings. The molecule has 1 rings (SSSR count). The lowest BCUT2D eigenvalue weighted by molar-refractivity contribution is -0.183.